The highest BCUT2D eigenvalue weighted by atomic mass is 32.1. The maximum absolute atomic E-state index is 12.0. The molecule has 0 atom stereocenters. The standard InChI is InChI=1S/C13H16N2O2S/c1-14-10-3-4-11-9(8-10)2-5-12(16)15(11)13(17)6-7-18/h3-4,8,14,18H,2,5-7H2,1H3. The van der Waals surface area contributed by atoms with Gasteiger partial charge in [0, 0.05) is 25.6 Å². The van der Waals surface area contributed by atoms with E-state index in [1.54, 1.807) is 0 Å². The zero-order chi connectivity index (χ0) is 13.1. The molecule has 0 spiro atoms. The molecular weight excluding hydrogens is 248 g/mol. The molecule has 96 valence electrons. The molecule has 2 amide bonds. The van der Waals surface area contributed by atoms with Crippen molar-refractivity contribution < 1.29 is 9.59 Å². The van der Waals surface area contributed by atoms with Crippen LogP contribution in [0.4, 0.5) is 11.4 Å². The van der Waals surface area contributed by atoms with E-state index < -0.39 is 0 Å². The van der Waals surface area contributed by atoms with Crippen LogP contribution in [0, 0.1) is 0 Å². The molecular formula is C13H16N2O2S. The lowest BCUT2D eigenvalue weighted by atomic mass is 10.00. The van der Waals surface area contributed by atoms with Gasteiger partial charge in [0.15, 0.2) is 0 Å². The molecule has 5 heteroatoms. The second kappa shape index (κ2) is 5.44. The summed E-state index contributed by atoms with van der Waals surface area (Å²) in [6, 6.07) is 5.69. The van der Waals surface area contributed by atoms with Crippen LogP contribution < -0.4 is 10.2 Å². The Labute approximate surface area is 112 Å². The van der Waals surface area contributed by atoms with Gasteiger partial charge in [-0.15, -0.1) is 0 Å². The third-order valence-corrected chi connectivity index (χ3v) is 3.27. The van der Waals surface area contributed by atoms with E-state index in [0.29, 0.717) is 18.6 Å². The Bertz CT molecular complexity index is 488. The zero-order valence-electron chi connectivity index (χ0n) is 10.3. The van der Waals surface area contributed by atoms with Gasteiger partial charge in [0.05, 0.1) is 5.69 Å². The normalized spacial score (nSPS) is 14.3. The maximum Gasteiger partial charge on any atom is 0.234 e. The third kappa shape index (κ3) is 2.36. The van der Waals surface area contributed by atoms with E-state index in [4.69, 9.17) is 0 Å². The van der Waals surface area contributed by atoms with Gasteiger partial charge in [-0.05, 0) is 35.9 Å². The molecule has 1 aromatic rings. The van der Waals surface area contributed by atoms with Crippen molar-refractivity contribution in [2.45, 2.75) is 19.3 Å². The second-order valence-corrected chi connectivity index (χ2v) is 4.64. The SMILES string of the molecule is CNc1ccc2c(c1)CCC(=O)N2C(=O)CCS. The summed E-state index contributed by atoms with van der Waals surface area (Å²) in [5, 5.41) is 3.06. The lowest BCUT2D eigenvalue weighted by molar-refractivity contribution is -0.126. The first-order valence-corrected chi connectivity index (χ1v) is 6.58. The molecule has 0 unspecified atom stereocenters. The number of anilines is 2. The molecule has 0 saturated heterocycles. The van der Waals surface area contributed by atoms with Crippen molar-refractivity contribution in [2.75, 3.05) is 23.0 Å². The first-order chi connectivity index (χ1) is 8.67. The molecule has 0 fully saturated rings. The summed E-state index contributed by atoms with van der Waals surface area (Å²) in [6.07, 6.45) is 1.36. The van der Waals surface area contributed by atoms with E-state index in [-0.39, 0.29) is 18.2 Å². The number of nitrogens with one attached hydrogen (secondary N) is 1. The van der Waals surface area contributed by atoms with Crippen molar-refractivity contribution in [2.24, 2.45) is 0 Å². The van der Waals surface area contributed by atoms with Gasteiger partial charge in [0.1, 0.15) is 0 Å². The minimum Gasteiger partial charge on any atom is -0.388 e. The Kier molecular flexibility index (Phi) is 3.91. The minimum atomic E-state index is -0.173. The summed E-state index contributed by atoms with van der Waals surface area (Å²) >= 11 is 4.04. The molecule has 1 aromatic carbocycles. The summed E-state index contributed by atoms with van der Waals surface area (Å²) in [5.74, 6) is 0.159. The van der Waals surface area contributed by atoms with Gasteiger partial charge in [-0.2, -0.15) is 12.6 Å². The highest BCUT2D eigenvalue weighted by Crippen LogP contribution is 2.30. The predicted octanol–water partition coefficient (Wildman–Crippen LogP) is 1.85. The molecule has 1 aliphatic rings. The number of amides is 2. The van der Waals surface area contributed by atoms with Crippen molar-refractivity contribution in [3.8, 4) is 0 Å². The minimum absolute atomic E-state index is 0.119. The Morgan fingerprint density at radius 1 is 1.44 bits per heavy atom. The predicted molar refractivity (Wildman–Crippen MR) is 75.3 cm³/mol. The Hall–Kier alpha value is -1.49. The number of carbonyl (C=O) groups excluding carboxylic acids is 2. The van der Waals surface area contributed by atoms with Crippen LogP contribution in [0.2, 0.25) is 0 Å². The molecule has 0 radical (unpaired) electrons. The lowest BCUT2D eigenvalue weighted by Gasteiger charge is -2.28. The van der Waals surface area contributed by atoms with Gasteiger partial charge < -0.3 is 5.32 Å². The van der Waals surface area contributed by atoms with Gasteiger partial charge >= 0.3 is 0 Å². The van der Waals surface area contributed by atoms with E-state index in [9.17, 15) is 9.59 Å². The van der Waals surface area contributed by atoms with Gasteiger partial charge in [0.2, 0.25) is 11.8 Å². The number of hydrogen-bond acceptors (Lipinski definition) is 4. The molecule has 18 heavy (non-hydrogen) atoms. The van der Waals surface area contributed by atoms with Crippen LogP contribution in [0.3, 0.4) is 0 Å². The van der Waals surface area contributed by atoms with E-state index >= 15 is 0 Å². The Balaban J connectivity index is 2.38. The largest absolute Gasteiger partial charge is 0.388 e. The number of thiol groups is 1. The van der Waals surface area contributed by atoms with Crippen LogP contribution in [0.5, 0.6) is 0 Å². The van der Waals surface area contributed by atoms with Crippen LogP contribution in [0.1, 0.15) is 18.4 Å². The number of fused-ring (bicyclic) bond motifs is 1. The van der Waals surface area contributed by atoms with E-state index in [0.717, 1.165) is 16.9 Å². The molecule has 1 N–H and O–H groups in total. The molecule has 2 rings (SSSR count). The highest BCUT2D eigenvalue weighted by molar-refractivity contribution is 7.80. The first-order valence-electron chi connectivity index (χ1n) is 5.94. The number of hydrogen-bond donors (Lipinski definition) is 2. The average Bonchev–Trinajstić information content (AvgIpc) is 2.38. The van der Waals surface area contributed by atoms with Crippen molar-refractivity contribution in [1.82, 2.24) is 0 Å². The smallest absolute Gasteiger partial charge is 0.234 e. The summed E-state index contributed by atoms with van der Waals surface area (Å²) in [4.78, 5) is 25.2. The third-order valence-electron chi connectivity index (χ3n) is 3.04. The topological polar surface area (TPSA) is 49.4 Å². The van der Waals surface area contributed by atoms with Gasteiger partial charge in [-0.25, -0.2) is 0 Å². The summed E-state index contributed by atoms with van der Waals surface area (Å²) in [6.45, 7) is 0. The zero-order valence-corrected chi connectivity index (χ0v) is 11.2. The van der Waals surface area contributed by atoms with Crippen molar-refractivity contribution in [3.63, 3.8) is 0 Å². The van der Waals surface area contributed by atoms with E-state index in [2.05, 4.69) is 17.9 Å². The first kappa shape index (κ1) is 13.0. The molecule has 0 aromatic heterocycles. The lowest BCUT2D eigenvalue weighted by Crippen LogP contribution is -2.40. The molecule has 0 saturated carbocycles. The fourth-order valence-electron chi connectivity index (χ4n) is 2.13. The monoisotopic (exact) mass is 264 g/mol. The van der Waals surface area contributed by atoms with Crippen LogP contribution in [-0.4, -0.2) is 24.6 Å². The van der Waals surface area contributed by atoms with Crippen LogP contribution in [0.25, 0.3) is 0 Å². The van der Waals surface area contributed by atoms with Crippen LogP contribution >= 0.6 is 12.6 Å². The number of rotatable bonds is 3. The number of carbonyl (C=O) groups is 2. The van der Waals surface area contributed by atoms with E-state index in [1.165, 1.54) is 4.90 Å². The molecule has 0 bridgehead atoms. The molecule has 4 nitrogen and oxygen atoms in total. The fourth-order valence-corrected chi connectivity index (χ4v) is 2.32. The maximum atomic E-state index is 12.0. The molecule has 0 aliphatic carbocycles. The van der Waals surface area contributed by atoms with Gasteiger partial charge in [0.25, 0.3) is 0 Å². The number of imide groups is 1. The van der Waals surface area contributed by atoms with E-state index in [1.807, 2.05) is 25.2 Å². The number of aryl methyl sites for hydroxylation is 1. The molecule has 1 heterocycles. The number of benzene rings is 1. The number of nitrogens with zero attached hydrogens (tertiary/aromatic N) is 1. The van der Waals surface area contributed by atoms with Crippen LogP contribution in [-0.2, 0) is 16.0 Å². The van der Waals surface area contributed by atoms with Crippen molar-refractivity contribution in [1.29, 1.82) is 0 Å². The summed E-state index contributed by atoms with van der Waals surface area (Å²) in [7, 11) is 1.85. The van der Waals surface area contributed by atoms with Crippen molar-refractivity contribution in [3.05, 3.63) is 23.8 Å². The van der Waals surface area contributed by atoms with Gasteiger partial charge in [-0.1, -0.05) is 0 Å². The van der Waals surface area contributed by atoms with Crippen LogP contribution in [0.15, 0.2) is 18.2 Å². The Morgan fingerprint density at radius 2 is 2.22 bits per heavy atom. The van der Waals surface area contributed by atoms with Crippen molar-refractivity contribution >= 4 is 35.8 Å². The molecule has 1 aliphatic heterocycles. The quantitative estimate of drug-likeness (QED) is 0.819. The van der Waals surface area contributed by atoms with Gasteiger partial charge in [-0.3, -0.25) is 14.5 Å². The average molecular weight is 264 g/mol. The second-order valence-electron chi connectivity index (χ2n) is 4.19. The summed E-state index contributed by atoms with van der Waals surface area (Å²) < 4.78 is 0. The fraction of sp³-hybridized carbons (Fsp3) is 0.385. The Morgan fingerprint density at radius 3 is 2.89 bits per heavy atom. The highest BCUT2D eigenvalue weighted by Gasteiger charge is 2.28. The summed E-state index contributed by atoms with van der Waals surface area (Å²) in [5.41, 5.74) is 2.75.